The van der Waals surface area contributed by atoms with Crippen LogP contribution in [0.5, 0.6) is 0 Å². The predicted octanol–water partition coefficient (Wildman–Crippen LogP) is 1.85. The van der Waals surface area contributed by atoms with E-state index in [4.69, 9.17) is 17.3 Å². The van der Waals surface area contributed by atoms with Gasteiger partial charge in [-0.2, -0.15) is 0 Å². The van der Waals surface area contributed by atoms with Crippen molar-refractivity contribution in [2.45, 2.75) is 6.42 Å². The molecule has 1 aromatic rings. The largest absolute Gasteiger partial charge is 0.369 e. The molecule has 5 heteroatoms. The molecule has 0 saturated heterocycles. The number of nitrogens with two attached hydrogens (primary N) is 1. The van der Waals surface area contributed by atoms with Gasteiger partial charge in [0.25, 0.3) is 0 Å². The fourth-order valence-electron chi connectivity index (χ4n) is 0.861. The van der Waals surface area contributed by atoms with Gasteiger partial charge in [-0.1, -0.05) is 23.4 Å². The molecule has 15 heavy (non-hydrogen) atoms. The van der Waals surface area contributed by atoms with Crippen molar-refractivity contribution in [1.29, 1.82) is 0 Å². The Balaban J connectivity index is 2.95. The second-order valence-corrected chi connectivity index (χ2v) is 3.08. The number of halogens is 3. The minimum Gasteiger partial charge on any atom is -0.369 e. The van der Waals surface area contributed by atoms with E-state index in [1.54, 1.807) is 0 Å². The first-order chi connectivity index (χ1) is 7.00. The van der Waals surface area contributed by atoms with E-state index in [0.29, 0.717) is 0 Å². The van der Waals surface area contributed by atoms with Gasteiger partial charge >= 0.3 is 0 Å². The molecule has 0 fully saturated rings. The van der Waals surface area contributed by atoms with Crippen LogP contribution in [0.2, 0.25) is 5.02 Å². The Kier molecular flexibility index (Phi) is 3.64. The van der Waals surface area contributed by atoms with Crippen LogP contribution in [0.25, 0.3) is 0 Å². The lowest BCUT2D eigenvalue weighted by Gasteiger charge is -1.96. The summed E-state index contributed by atoms with van der Waals surface area (Å²) < 4.78 is 25.8. The molecule has 1 aromatic carbocycles. The summed E-state index contributed by atoms with van der Waals surface area (Å²) in [6.07, 6.45) is -0.161. The molecule has 2 nitrogen and oxygen atoms in total. The Labute approximate surface area is 90.0 Å². The molecule has 0 radical (unpaired) electrons. The van der Waals surface area contributed by atoms with Crippen LogP contribution in [0.1, 0.15) is 12.0 Å². The first-order valence-electron chi connectivity index (χ1n) is 3.92. The molecule has 0 spiro atoms. The highest BCUT2D eigenvalue weighted by Crippen LogP contribution is 2.19. The Hall–Kier alpha value is -1.60. The van der Waals surface area contributed by atoms with Crippen LogP contribution < -0.4 is 5.73 Å². The van der Waals surface area contributed by atoms with Gasteiger partial charge in [0.05, 0.1) is 6.42 Å². The van der Waals surface area contributed by atoms with Crippen LogP contribution in [0.3, 0.4) is 0 Å². The molecule has 0 heterocycles. The summed E-state index contributed by atoms with van der Waals surface area (Å²) in [6.45, 7) is 0. The lowest BCUT2D eigenvalue weighted by Crippen LogP contribution is -2.08. The van der Waals surface area contributed by atoms with Gasteiger partial charge in [0.15, 0.2) is 0 Å². The molecule has 1 amide bonds. The summed E-state index contributed by atoms with van der Waals surface area (Å²) in [6, 6.07) is 1.97. The minimum absolute atomic E-state index is 0.107. The highest BCUT2D eigenvalue weighted by Gasteiger charge is 2.07. The van der Waals surface area contributed by atoms with Gasteiger partial charge in [0, 0.05) is 5.56 Å². The van der Waals surface area contributed by atoms with Crippen LogP contribution in [0.15, 0.2) is 12.1 Å². The van der Waals surface area contributed by atoms with Crippen LogP contribution in [-0.2, 0) is 4.79 Å². The predicted molar refractivity (Wildman–Crippen MR) is 52.1 cm³/mol. The zero-order valence-corrected chi connectivity index (χ0v) is 8.24. The molecule has 0 unspecified atom stereocenters. The van der Waals surface area contributed by atoms with E-state index < -0.39 is 22.6 Å². The maximum atomic E-state index is 12.9. The number of amides is 1. The molecular formula is C10H6ClF2NO. The van der Waals surface area contributed by atoms with Crippen molar-refractivity contribution < 1.29 is 13.6 Å². The third-order valence-electron chi connectivity index (χ3n) is 1.48. The van der Waals surface area contributed by atoms with Crippen molar-refractivity contribution in [3.05, 3.63) is 34.4 Å². The summed E-state index contributed by atoms with van der Waals surface area (Å²) in [7, 11) is 0. The minimum atomic E-state index is -0.889. The van der Waals surface area contributed by atoms with Gasteiger partial charge in [0.1, 0.15) is 16.7 Å². The molecule has 0 aliphatic rings. The van der Waals surface area contributed by atoms with Crippen molar-refractivity contribution in [3.63, 3.8) is 0 Å². The van der Waals surface area contributed by atoms with Crippen molar-refractivity contribution >= 4 is 17.5 Å². The highest BCUT2D eigenvalue weighted by atomic mass is 35.5. The van der Waals surface area contributed by atoms with Gasteiger partial charge in [-0.25, -0.2) is 8.78 Å². The molecule has 1 rings (SSSR count). The van der Waals surface area contributed by atoms with Crippen LogP contribution in [0, 0.1) is 23.5 Å². The van der Waals surface area contributed by atoms with E-state index in [1.165, 1.54) is 0 Å². The second-order valence-electron chi connectivity index (χ2n) is 2.70. The summed E-state index contributed by atoms with van der Waals surface area (Å²) in [5.74, 6) is 2.39. The van der Waals surface area contributed by atoms with Crippen molar-refractivity contribution in [3.8, 4) is 11.8 Å². The van der Waals surface area contributed by atoms with Gasteiger partial charge < -0.3 is 5.73 Å². The third-order valence-corrected chi connectivity index (χ3v) is 1.84. The highest BCUT2D eigenvalue weighted by molar-refractivity contribution is 6.30. The van der Waals surface area contributed by atoms with Crippen LogP contribution >= 0.6 is 11.6 Å². The SMILES string of the molecule is NC(=O)CC#Cc1cc(F)c(Cl)c(F)c1. The van der Waals surface area contributed by atoms with Crippen molar-refractivity contribution in [2.24, 2.45) is 5.73 Å². The molecule has 0 aliphatic carbocycles. The number of benzene rings is 1. The average molecular weight is 230 g/mol. The van der Waals surface area contributed by atoms with Gasteiger partial charge in [-0.3, -0.25) is 4.79 Å². The molecule has 78 valence electrons. The number of rotatable bonds is 1. The van der Waals surface area contributed by atoms with E-state index in [9.17, 15) is 13.6 Å². The molecule has 2 N–H and O–H groups in total. The fourth-order valence-corrected chi connectivity index (χ4v) is 0.970. The fraction of sp³-hybridized carbons (Fsp3) is 0.100. The number of carbonyl (C=O) groups is 1. The van der Waals surface area contributed by atoms with E-state index >= 15 is 0 Å². The van der Waals surface area contributed by atoms with E-state index in [2.05, 4.69) is 11.8 Å². The molecule has 0 atom stereocenters. The number of primary amides is 1. The number of carbonyl (C=O) groups excluding carboxylic acids is 1. The van der Waals surface area contributed by atoms with E-state index in [-0.39, 0.29) is 12.0 Å². The third kappa shape index (κ3) is 3.22. The maximum absolute atomic E-state index is 12.9. The van der Waals surface area contributed by atoms with Crippen LogP contribution in [0.4, 0.5) is 8.78 Å². The molecule has 0 aromatic heterocycles. The Bertz CT molecular complexity index is 439. The standard InChI is InChI=1S/C10H6ClF2NO/c11-10-7(12)4-6(5-8(10)13)2-1-3-9(14)15/h4-5H,3H2,(H2,14,15). The summed E-state index contributed by atoms with van der Waals surface area (Å²) >= 11 is 5.26. The zero-order valence-electron chi connectivity index (χ0n) is 7.48. The maximum Gasteiger partial charge on any atom is 0.229 e. The van der Waals surface area contributed by atoms with E-state index in [1.807, 2.05) is 0 Å². The van der Waals surface area contributed by atoms with E-state index in [0.717, 1.165) is 12.1 Å². The Morgan fingerprint density at radius 1 is 1.40 bits per heavy atom. The molecular weight excluding hydrogens is 224 g/mol. The van der Waals surface area contributed by atoms with Gasteiger partial charge in [-0.15, -0.1) is 0 Å². The summed E-state index contributed by atoms with van der Waals surface area (Å²) in [5.41, 5.74) is 4.94. The Morgan fingerprint density at radius 2 is 1.93 bits per heavy atom. The second kappa shape index (κ2) is 4.76. The first-order valence-corrected chi connectivity index (χ1v) is 4.30. The van der Waals surface area contributed by atoms with Crippen molar-refractivity contribution in [2.75, 3.05) is 0 Å². The summed E-state index contributed by atoms with van der Waals surface area (Å²) in [5, 5.41) is -0.574. The smallest absolute Gasteiger partial charge is 0.229 e. The number of hydrogen-bond acceptors (Lipinski definition) is 1. The topological polar surface area (TPSA) is 43.1 Å². The molecule has 0 saturated carbocycles. The van der Waals surface area contributed by atoms with Gasteiger partial charge in [0.2, 0.25) is 5.91 Å². The quantitative estimate of drug-likeness (QED) is 0.580. The normalized spacial score (nSPS) is 9.27. The monoisotopic (exact) mass is 229 g/mol. The summed E-state index contributed by atoms with van der Waals surface area (Å²) in [4.78, 5) is 10.3. The Morgan fingerprint density at radius 3 is 2.40 bits per heavy atom. The number of hydrogen-bond donors (Lipinski definition) is 1. The van der Waals surface area contributed by atoms with Gasteiger partial charge in [-0.05, 0) is 12.1 Å². The molecule has 0 bridgehead atoms. The molecule has 0 aliphatic heterocycles. The lowest BCUT2D eigenvalue weighted by atomic mass is 10.2. The first kappa shape index (κ1) is 11.5. The van der Waals surface area contributed by atoms with Crippen LogP contribution in [-0.4, -0.2) is 5.91 Å². The lowest BCUT2D eigenvalue weighted by molar-refractivity contribution is -0.117. The average Bonchev–Trinajstić information content (AvgIpc) is 2.13. The zero-order chi connectivity index (χ0) is 11.4. The van der Waals surface area contributed by atoms with Crippen molar-refractivity contribution in [1.82, 2.24) is 0 Å².